The first-order valence-electron chi connectivity index (χ1n) is 2.49. The van der Waals surface area contributed by atoms with Gasteiger partial charge in [0.05, 0.1) is 5.56 Å². The average molecular weight is 124 g/mol. The molecule has 0 amide bonds. The molecule has 0 N–H and O–H groups in total. The first-order chi connectivity index (χ1) is 4.33. The van der Waals surface area contributed by atoms with Gasteiger partial charge in [0.1, 0.15) is 18.2 Å². The third kappa shape index (κ3) is 1.33. The molecule has 0 spiro atoms. The maximum absolute atomic E-state index is 11.3. The largest absolute Gasteiger partial charge is 0.468 e. The molecule has 1 rings (SSSR count). The van der Waals surface area contributed by atoms with Crippen LogP contribution in [0, 0.1) is 19.0 Å². The molecular formula is C7H5FO. The highest BCUT2D eigenvalue weighted by Gasteiger charge is 1.90. The van der Waals surface area contributed by atoms with E-state index in [9.17, 15) is 4.39 Å². The van der Waals surface area contributed by atoms with E-state index in [0.29, 0.717) is 5.56 Å². The van der Waals surface area contributed by atoms with Crippen LogP contribution in [0.4, 0.5) is 4.39 Å². The predicted molar refractivity (Wildman–Crippen MR) is 31.4 cm³/mol. The van der Waals surface area contributed by atoms with Gasteiger partial charge in [-0.05, 0) is 18.9 Å². The lowest BCUT2D eigenvalue weighted by molar-refractivity contribution is 0.533. The van der Waals surface area contributed by atoms with Crippen LogP contribution in [0.15, 0.2) is 16.7 Å². The van der Waals surface area contributed by atoms with Gasteiger partial charge in [-0.25, -0.2) is 0 Å². The second-order valence-corrected chi connectivity index (χ2v) is 1.67. The molecule has 0 atom stereocenters. The molecule has 2 heteroatoms. The Morgan fingerprint density at radius 3 is 2.89 bits per heavy atom. The molecule has 1 heterocycles. The highest BCUT2D eigenvalue weighted by molar-refractivity contribution is 5.30. The summed E-state index contributed by atoms with van der Waals surface area (Å²) < 4.78 is 16.1. The molecule has 1 aromatic heterocycles. The second-order valence-electron chi connectivity index (χ2n) is 1.67. The Morgan fingerprint density at radius 2 is 2.44 bits per heavy atom. The standard InChI is InChI=1S/C7H5FO/c1-6-4-7(2-3-8)5-9-6/h4-5H,1H3. The SMILES string of the molecule is Cc1cc(C#CF)co1. The van der Waals surface area contributed by atoms with Gasteiger partial charge in [-0.3, -0.25) is 0 Å². The second kappa shape index (κ2) is 2.36. The van der Waals surface area contributed by atoms with Gasteiger partial charge < -0.3 is 4.42 Å². The van der Waals surface area contributed by atoms with Crippen LogP contribution in [0.5, 0.6) is 0 Å². The number of aryl methyl sites for hydroxylation is 1. The van der Waals surface area contributed by atoms with Crippen LogP contribution in [-0.4, -0.2) is 0 Å². The molecule has 0 radical (unpaired) electrons. The summed E-state index contributed by atoms with van der Waals surface area (Å²) in [6.45, 7) is 1.78. The maximum atomic E-state index is 11.3. The van der Waals surface area contributed by atoms with Crippen molar-refractivity contribution >= 4 is 0 Å². The van der Waals surface area contributed by atoms with Crippen molar-refractivity contribution < 1.29 is 8.81 Å². The number of furan rings is 1. The summed E-state index contributed by atoms with van der Waals surface area (Å²) in [5.74, 6) is 2.96. The molecule has 0 aromatic carbocycles. The summed E-state index contributed by atoms with van der Waals surface area (Å²) in [4.78, 5) is 0. The summed E-state index contributed by atoms with van der Waals surface area (Å²) in [6, 6.07) is 1.67. The van der Waals surface area contributed by atoms with Crippen molar-refractivity contribution in [1.29, 1.82) is 0 Å². The minimum atomic E-state index is 0.579. The molecule has 0 bridgehead atoms. The van der Waals surface area contributed by atoms with E-state index in [0.717, 1.165) is 5.76 Å². The molecule has 0 aliphatic rings. The Bertz CT molecular complexity index is 251. The normalized spacial score (nSPS) is 8.22. The fraction of sp³-hybridized carbons (Fsp3) is 0.143. The molecule has 46 valence electrons. The fourth-order valence-corrected chi connectivity index (χ4v) is 0.564. The number of hydrogen-bond donors (Lipinski definition) is 0. The van der Waals surface area contributed by atoms with E-state index in [-0.39, 0.29) is 0 Å². The minimum absolute atomic E-state index is 0.579. The minimum Gasteiger partial charge on any atom is -0.468 e. The van der Waals surface area contributed by atoms with Crippen LogP contribution in [0.25, 0.3) is 0 Å². The lowest BCUT2D eigenvalue weighted by Gasteiger charge is -1.69. The molecule has 1 nitrogen and oxygen atoms in total. The maximum Gasteiger partial charge on any atom is 0.111 e. The summed E-state index contributed by atoms with van der Waals surface area (Å²) in [5.41, 5.74) is 0.579. The topological polar surface area (TPSA) is 13.1 Å². The van der Waals surface area contributed by atoms with Crippen molar-refractivity contribution in [2.24, 2.45) is 0 Å². The molecule has 9 heavy (non-hydrogen) atoms. The number of hydrogen-bond acceptors (Lipinski definition) is 1. The van der Waals surface area contributed by atoms with Gasteiger partial charge in [-0.1, -0.05) is 0 Å². The van der Waals surface area contributed by atoms with Gasteiger partial charge in [-0.15, -0.1) is 4.39 Å². The monoisotopic (exact) mass is 124 g/mol. The summed E-state index contributed by atoms with van der Waals surface area (Å²) in [6.07, 6.45) is 2.71. The zero-order valence-corrected chi connectivity index (χ0v) is 4.94. The van der Waals surface area contributed by atoms with Crippen molar-refractivity contribution in [3.8, 4) is 12.1 Å². The van der Waals surface area contributed by atoms with Crippen LogP contribution in [0.2, 0.25) is 0 Å². The van der Waals surface area contributed by atoms with Crippen LogP contribution in [0.3, 0.4) is 0 Å². The number of halogens is 1. The van der Waals surface area contributed by atoms with Crippen molar-refractivity contribution in [2.45, 2.75) is 6.92 Å². The smallest absolute Gasteiger partial charge is 0.111 e. The predicted octanol–water partition coefficient (Wildman–Crippen LogP) is 1.87. The van der Waals surface area contributed by atoms with E-state index in [1.54, 1.807) is 13.0 Å². The van der Waals surface area contributed by atoms with Gasteiger partial charge in [0.2, 0.25) is 0 Å². The van der Waals surface area contributed by atoms with Crippen LogP contribution in [-0.2, 0) is 0 Å². The molecule has 0 aliphatic heterocycles. The average Bonchev–Trinajstić information content (AvgIpc) is 2.17. The Morgan fingerprint density at radius 1 is 1.67 bits per heavy atom. The molecule has 0 saturated carbocycles. The van der Waals surface area contributed by atoms with Crippen LogP contribution in [0.1, 0.15) is 11.3 Å². The van der Waals surface area contributed by atoms with Gasteiger partial charge in [0.25, 0.3) is 0 Å². The summed E-state index contributed by atoms with van der Waals surface area (Å²) in [5, 5.41) is 0. The van der Waals surface area contributed by atoms with Gasteiger partial charge >= 0.3 is 0 Å². The van der Waals surface area contributed by atoms with Crippen LogP contribution >= 0.6 is 0 Å². The molecule has 1 aromatic rings. The van der Waals surface area contributed by atoms with E-state index in [4.69, 9.17) is 4.42 Å². The van der Waals surface area contributed by atoms with Gasteiger partial charge in [0.15, 0.2) is 0 Å². The van der Waals surface area contributed by atoms with Gasteiger partial charge in [0, 0.05) is 0 Å². The molecule has 0 unspecified atom stereocenters. The van der Waals surface area contributed by atoms with E-state index < -0.39 is 0 Å². The Kier molecular flexibility index (Phi) is 1.55. The van der Waals surface area contributed by atoms with E-state index in [1.165, 1.54) is 12.4 Å². The Labute approximate surface area is 52.5 Å². The Balaban J connectivity index is 2.93. The first kappa shape index (κ1) is 5.90. The third-order valence-corrected chi connectivity index (χ3v) is 0.922. The summed E-state index contributed by atoms with van der Waals surface area (Å²) >= 11 is 0. The molecule has 0 aliphatic carbocycles. The van der Waals surface area contributed by atoms with Crippen molar-refractivity contribution in [2.75, 3.05) is 0 Å². The molecule has 0 fully saturated rings. The zero-order chi connectivity index (χ0) is 6.69. The van der Waals surface area contributed by atoms with Gasteiger partial charge in [-0.2, -0.15) is 0 Å². The van der Waals surface area contributed by atoms with Crippen molar-refractivity contribution in [3.05, 3.63) is 23.7 Å². The third-order valence-electron chi connectivity index (χ3n) is 0.922. The highest BCUT2D eigenvalue weighted by Crippen LogP contribution is 2.03. The van der Waals surface area contributed by atoms with E-state index in [1.807, 2.05) is 0 Å². The number of rotatable bonds is 0. The van der Waals surface area contributed by atoms with Crippen molar-refractivity contribution in [1.82, 2.24) is 0 Å². The Hall–Kier alpha value is -1.23. The lowest BCUT2D eigenvalue weighted by atomic mass is 10.3. The fourth-order valence-electron chi connectivity index (χ4n) is 0.564. The lowest BCUT2D eigenvalue weighted by Crippen LogP contribution is -1.59. The van der Waals surface area contributed by atoms with E-state index >= 15 is 0 Å². The summed E-state index contributed by atoms with van der Waals surface area (Å²) in [7, 11) is 0. The quantitative estimate of drug-likeness (QED) is 0.481. The highest BCUT2D eigenvalue weighted by atomic mass is 19.1. The molecule has 0 saturated heterocycles. The first-order valence-corrected chi connectivity index (χ1v) is 2.49. The van der Waals surface area contributed by atoms with E-state index in [2.05, 4.69) is 5.92 Å². The zero-order valence-electron chi connectivity index (χ0n) is 4.94. The molecular weight excluding hydrogens is 119 g/mol. The van der Waals surface area contributed by atoms with Crippen LogP contribution < -0.4 is 0 Å². The van der Waals surface area contributed by atoms with Crippen molar-refractivity contribution in [3.63, 3.8) is 0 Å².